The highest BCUT2D eigenvalue weighted by Gasteiger charge is 2.11. The third-order valence-corrected chi connectivity index (χ3v) is 3.22. The van der Waals surface area contributed by atoms with Gasteiger partial charge in [-0.1, -0.05) is 30.3 Å². The van der Waals surface area contributed by atoms with Crippen LogP contribution >= 0.6 is 0 Å². The van der Waals surface area contributed by atoms with Gasteiger partial charge >= 0.3 is 0 Å². The SMILES string of the molecule is COc1ccc(C(=O)NCCCc2ccccc2)c(O)c1. The Kier molecular flexibility index (Phi) is 5.21. The molecule has 2 rings (SSSR count). The van der Waals surface area contributed by atoms with Crippen molar-refractivity contribution >= 4 is 5.91 Å². The number of carbonyl (C=O) groups is 1. The first-order valence-electron chi connectivity index (χ1n) is 6.90. The molecule has 21 heavy (non-hydrogen) atoms. The Labute approximate surface area is 124 Å². The summed E-state index contributed by atoms with van der Waals surface area (Å²) in [4.78, 5) is 12.0. The van der Waals surface area contributed by atoms with E-state index in [1.807, 2.05) is 18.2 Å². The van der Waals surface area contributed by atoms with Crippen molar-refractivity contribution in [3.63, 3.8) is 0 Å². The van der Waals surface area contributed by atoms with Crippen LogP contribution < -0.4 is 10.1 Å². The van der Waals surface area contributed by atoms with Gasteiger partial charge in [-0.15, -0.1) is 0 Å². The summed E-state index contributed by atoms with van der Waals surface area (Å²) < 4.78 is 4.99. The quantitative estimate of drug-likeness (QED) is 0.802. The first kappa shape index (κ1) is 14.9. The number of ether oxygens (including phenoxy) is 1. The molecule has 0 saturated heterocycles. The molecular formula is C17H19NO3. The fraction of sp³-hybridized carbons (Fsp3) is 0.235. The summed E-state index contributed by atoms with van der Waals surface area (Å²) in [5.41, 5.74) is 1.51. The molecule has 0 spiro atoms. The standard InChI is InChI=1S/C17H19NO3/c1-21-14-9-10-15(16(19)12-14)17(20)18-11-5-8-13-6-3-2-4-7-13/h2-4,6-7,9-10,12,19H,5,8,11H2,1H3,(H,18,20). The van der Waals surface area contributed by atoms with Crippen molar-refractivity contribution < 1.29 is 14.6 Å². The van der Waals surface area contributed by atoms with Crippen molar-refractivity contribution in [3.05, 3.63) is 59.7 Å². The second-order valence-electron chi connectivity index (χ2n) is 4.73. The van der Waals surface area contributed by atoms with Gasteiger partial charge in [-0.25, -0.2) is 0 Å². The average molecular weight is 285 g/mol. The third kappa shape index (κ3) is 4.24. The van der Waals surface area contributed by atoms with Crippen LogP contribution in [0.15, 0.2) is 48.5 Å². The molecule has 0 fully saturated rings. The lowest BCUT2D eigenvalue weighted by molar-refractivity contribution is 0.0950. The van der Waals surface area contributed by atoms with Crippen LogP contribution in [0.2, 0.25) is 0 Å². The van der Waals surface area contributed by atoms with Gasteiger partial charge < -0.3 is 15.2 Å². The molecular weight excluding hydrogens is 266 g/mol. The Hall–Kier alpha value is -2.49. The van der Waals surface area contributed by atoms with Crippen LogP contribution in [0.4, 0.5) is 0 Å². The van der Waals surface area contributed by atoms with E-state index in [1.54, 1.807) is 12.1 Å². The maximum atomic E-state index is 12.0. The minimum absolute atomic E-state index is 0.0742. The molecule has 0 aliphatic rings. The fourth-order valence-corrected chi connectivity index (χ4v) is 2.06. The molecule has 0 aliphatic carbocycles. The van der Waals surface area contributed by atoms with Crippen molar-refractivity contribution in [1.29, 1.82) is 0 Å². The van der Waals surface area contributed by atoms with Crippen molar-refractivity contribution in [3.8, 4) is 11.5 Å². The molecule has 2 aromatic rings. The van der Waals surface area contributed by atoms with E-state index in [-0.39, 0.29) is 17.2 Å². The maximum absolute atomic E-state index is 12.0. The number of methoxy groups -OCH3 is 1. The predicted molar refractivity (Wildman–Crippen MR) is 81.8 cm³/mol. The van der Waals surface area contributed by atoms with Crippen LogP contribution in [0, 0.1) is 0 Å². The van der Waals surface area contributed by atoms with Gasteiger partial charge in [0.15, 0.2) is 0 Å². The number of nitrogens with one attached hydrogen (secondary N) is 1. The lowest BCUT2D eigenvalue weighted by Gasteiger charge is -2.08. The smallest absolute Gasteiger partial charge is 0.255 e. The molecule has 4 heteroatoms. The van der Waals surface area contributed by atoms with Crippen molar-refractivity contribution in [2.75, 3.05) is 13.7 Å². The lowest BCUT2D eigenvalue weighted by Crippen LogP contribution is -2.24. The van der Waals surface area contributed by atoms with Crippen LogP contribution in [-0.4, -0.2) is 24.7 Å². The highest BCUT2D eigenvalue weighted by Crippen LogP contribution is 2.23. The Morgan fingerprint density at radius 1 is 1.19 bits per heavy atom. The summed E-state index contributed by atoms with van der Waals surface area (Å²) in [5.74, 6) is 0.172. The number of aryl methyl sites for hydroxylation is 1. The van der Waals surface area contributed by atoms with E-state index in [9.17, 15) is 9.90 Å². The van der Waals surface area contributed by atoms with E-state index in [1.165, 1.54) is 18.7 Å². The summed E-state index contributed by atoms with van der Waals surface area (Å²) in [6.45, 7) is 0.569. The molecule has 110 valence electrons. The molecule has 2 N–H and O–H groups in total. The molecule has 0 heterocycles. The van der Waals surface area contributed by atoms with Crippen LogP contribution in [0.25, 0.3) is 0 Å². The number of hydrogen-bond donors (Lipinski definition) is 2. The number of rotatable bonds is 6. The van der Waals surface area contributed by atoms with Gasteiger partial charge in [0, 0.05) is 12.6 Å². The van der Waals surface area contributed by atoms with E-state index in [0.29, 0.717) is 12.3 Å². The van der Waals surface area contributed by atoms with E-state index in [2.05, 4.69) is 17.4 Å². The topological polar surface area (TPSA) is 58.6 Å². The van der Waals surface area contributed by atoms with Gasteiger partial charge in [-0.05, 0) is 30.5 Å². The number of phenolic OH excluding ortho intramolecular Hbond substituents is 1. The van der Waals surface area contributed by atoms with Gasteiger partial charge in [0.05, 0.1) is 12.7 Å². The van der Waals surface area contributed by atoms with E-state index < -0.39 is 0 Å². The summed E-state index contributed by atoms with van der Waals surface area (Å²) in [6.07, 6.45) is 1.77. The zero-order valence-corrected chi connectivity index (χ0v) is 12.0. The van der Waals surface area contributed by atoms with Gasteiger partial charge in [0.1, 0.15) is 11.5 Å². The molecule has 0 aromatic heterocycles. The number of benzene rings is 2. The van der Waals surface area contributed by atoms with Crippen molar-refractivity contribution in [2.45, 2.75) is 12.8 Å². The molecule has 1 amide bonds. The maximum Gasteiger partial charge on any atom is 0.255 e. The van der Waals surface area contributed by atoms with Crippen LogP contribution in [0.3, 0.4) is 0 Å². The van der Waals surface area contributed by atoms with Gasteiger partial charge in [-0.3, -0.25) is 4.79 Å². The van der Waals surface area contributed by atoms with Crippen LogP contribution in [-0.2, 0) is 6.42 Å². The molecule has 0 atom stereocenters. The predicted octanol–water partition coefficient (Wildman–Crippen LogP) is 2.76. The number of carbonyl (C=O) groups excluding carboxylic acids is 1. The molecule has 0 bridgehead atoms. The summed E-state index contributed by atoms with van der Waals surface area (Å²) in [6, 6.07) is 14.8. The minimum Gasteiger partial charge on any atom is -0.507 e. The molecule has 2 aromatic carbocycles. The third-order valence-electron chi connectivity index (χ3n) is 3.22. The van der Waals surface area contributed by atoms with Gasteiger partial charge in [0.25, 0.3) is 5.91 Å². The highest BCUT2D eigenvalue weighted by molar-refractivity contribution is 5.96. The fourth-order valence-electron chi connectivity index (χ4n) is 2.06. The van der Waals surface area contributed by atoms with E-state index >= 15 is 0 Å². The Morgan fingerprint density at radius 2 is 1.95 bits per heavy atom. The number of hydrogen-bond acceptors (Lipinski definition) is 3. The number of amides is 1. The highest BCUT2D eigenvalue weighted by atomic mass is 16.5. The lowest BCUT2D eigenvalue weighted by atomic mass is 10.1. The normalized spacial score (nSPS) is 10.1. The molecule has 0 saturated carbocycles. The van der Waals surface area contributed by atoms with E-state index in [4.69, 9.17) is 4.74 Å². The number of aromatic hydroxyl groups is 1. The largest absolute Gasteiger partial charge is 0.507 e. The molecule has 0 aliphatic heterocycles. The Balaban J connectivity index is 1.82. The Bertz CT molecular complexity index is 596. The number of phenols is 1. The molecule has 4 nitrogen and oxygen atoms in total. The summed E-state index contributed by atoms with van der Waals surface area (Å²) in [5, 5.41) is 12.6. The van der Waals surface area contributed by atoms with Gasteiger partial charge in [-0.2, -0.15) is 0 Å². The van der Waals surface area contributed by atoms with Gasteiger partial charge in [0.2, 0.25) is 0 Å². The Morgan fingerprint density at radius 3 is 2.62 bits per heavy atom. The van der Waals surface area contributed by atoms with Crippen molar-refractivity contribution in [1.82, 2.24) is 5.32 Å². The van der Waals surface area contributed by atoms with E-state index in [0.717, 1.165) is 12.8 Å². The average Bonchev–Trinajstić information content (AvgIpc) is 2.52. The monoisotopic (exact) mass is 285 g/mol. The van der Waals surface area contributed by atoms with Crippen molar-refractivity contribution in [2.24, 2.45) is 0 Å². The second-order valence-corrected chi connectivity index (χ2v) is 4.73. The minimum atomic E-state index is -0.275. The molecule has 0 unspecified atom stereocenters. The zero-order valence-electron chi connectivity index (χ0n) is 12.0. The first-order valence-corrected chi connectivity index (χ1v) is 6.90. The summed E-state index contributed by atoms with van der Waals surface area (Å²) in [7, 11) is 1.51. The zero-order chi connectivity index (χ0) is 15.1. The first-order chi connectivity index (χ1) is 10.2. The van der Waals surface area contributed by atoms with Crippen LogP contribution in [0.5, 0.6) is 11.5 Å². The molecule has 0 radical (unpaired) electrons. The summed E-state index contributed by atoms with van der Waals surface area (Å²) >= 11 is 0. The van der Waals surface area contributed by atoms with Crippen LogP contribution in [0.1, 0.15) is 22.3 Å². The second kappa shape index (κ2) is 7.33.